The van der Waals surface area contributed by atoms with Crippen molar-refractivity contribution in [1.29, 1.82) is 0 Å². The smallest absolute Gasteiger partial charge is 0.126 e. The molecule has 6 nitrogen and oxygen atoms in total. The molecule has 1 aliphatic rings. The fourth-order valence-electron chi connectivity index (χ4n) is 3.25. The molecule has 0 bridgehead atoms. The molecule has 22 heavy (non-hydrogen) atoms. The van der Waals surface area contributed by atoms with Gasteiger partial charge in [0.15, 0.2) is 0 Å². The van der Waals surface area contributed by atoms with Gasteiger partial charge >= 0.3 is 0 Å². The number of hydrogen-bond donors (Lipinski definition) is 0. The summed E-state index contributed by atoms with van der Waals surface area (Å²) in [4.78, 5) is 7.12. The average molecular weight is 303 g/mol. The maximum atomic E-state index is 5.19. The van der Waals surface area contributed by atoms with E-state index in [0.717, 1.165) is 44.2 Å². The Morgan fingerprint density at radius 2 is 2.14 bits per heavy atom. The molecule has 120 valence electrons. The van der Waals surface area contributed by atoms with E-state index in [9.17, 15) is 0 Å². The zero-order chi connectivity index (χ0) is 15.7. The molecule has 0 saturated heterocycles. The lowest BCUT2D eigenvalue weighted by Gasteiger charge is -2.34. The van der Waals surface area contributed by atoms with Crippen LogP contribution in [0.3, 0.4) is 0 Å². The number of rotatable bonds is 5. The molecule has 0 saturated carbocycles. The molecular weight excluding hydrogens is 278 g/mol. The Labute approximate surface area is 131 Å². The van der Waals surface area contributed by atoms with Crippen molar-refractivity contribution in [2.75, 3.05) is 20.3 Å². The van der Waals surface area contributed by atoms with Gasteiger partial charge < -0.3 is 9.30 Å². The molecule has 0 radical (unpaired) electrons. The highest BCUT2D eigenvalue weighted by atomic mass is 16.5. The predicted octanol–water partition coefficient (Wildman–Crippen LogP) is 1.69. The average Bonchev–Trinajstić information content (AvgIpc) is 3.03. The minimum Gasteiger partial charge on any atom is -0.384 e. The Morgan fingerprint density at radius 1 is 1.32 bits per heavy atom. The zero-order valence-corrected chi connectivity index (χ0v) is 13.9. The third-order valence-corrected chi connectivity index (χ3v) is 4.53. The lowest BCUT2D eigenvalue weighted by atomic mass is 10.2. The molecule has 0 spiro atoms. The summed E-state index contributed by atoms with van der Waals surface area (Å²) < 4.78 is 9.52. The second kappa shape index (κ2) is 6.22. The molecule has 0 aliphatic carbocycles. The molecule has 3 heterocycles. The van der Waals surface area contributed by atoms with Crippen LogP contribution in [0, 0.1) is 6.92 Å². The van der Waals surface area contributed by atoms with Crippen LogP contribution in [0.4, 0.5) is 0 Å². The van der Waals surface area contributed by atoms with Crippen LogP contribution >= 0.6 is 0 Å². The summed E-state index contributed by atoms with van der Waals surface area (Å²) in [5.74, 6) is 1.16. The van der Waals surface area contributed by atoms with Gasteiger partial charge in [0, 0.05) is 52.1 Å². The van der Waals surface area contributed by atoms with E-state index in [4.69, 9.17) is 4.74 Å². The third-order valence-electron chi connectivity index (χ3n) is 4.53. The van der Waals surface area contributed by atoms with Gasteiger partial charge in [-0.3, -0.25) is 9.58 Å². The quantitative estimate of drug-likeness (QED) is 0.843. The molecule has 2 aromatic rings. The van der Waals surface area contributed by atoms with Gasteiger partial charge in [-0.05, 0) is 19.9 Å². The van der Waals surface area contributed by atoms with Crippen LogP contribution in [0.15, 0.2) is 12.3 Å². The topological polar surface area (TPSA) is 48.1 Å². The monoisotopic (exact) mass is 303 g/mol. The van der Waals surface area contributed by atoms with Gasteiger partial charge in [0.25, 0.3) is 0 Å². The second-order valence-electron chi connectivity index (χ2n) is 6.05. The Balaban J connectivity index is 1.75. The van der Waals surface area contributed by atoms with Gasteiger partial charge in [-0.25, -0.2) is 4.98 Å². The fraction of sp³-hybridized carbons (Fsp3) is 0.625. The SMILES string of the molecule is COCCc1cnc2n1CCN(Cc1cc(C)nn1C)[C@H]2C. The number of nitrogens with zero attached hydrogens (tertiary/aromatic N) is 5. The van der Waals surface area contributed by atoms with Gasteiger partial charge in [0.2, 0.25) is 0 Å². The first-order valence-electron chi connectivity index (χ1n) is 7.87. The van der Waals surface area contributed by atoms with Crippen molar-refractivity contribution in [2.45, 2.75) is 39.4 Å². The predicted molar refractivity (Wildman–Crippen MR) is 84.6 cm³/mol. The number of aryl methyl sites for hydroxylation is 2. The lowest BCUT2D eigenvalue weighted by molar-refractivity contribution is 0.149. The van der Waals surface area contributed by atoms with E-state index in [2.05, 4.69) is 32.5 Å². The fourth-order valence-corrected chi connectivity index (χ4v) is 3.25. The van der Waals surface area contributed by atoms with Crippen molar-refractivity contribution in [2.24, 2.45) is 7.05 Å². The molecule has 6 heteroatoms. The first-order valence-corrected chi connectivity index (χ1v) is 7.87. The van der Waals surface area contributed by atoms with Crippen LogP contribution in [0.1, 0.15) is 35.9 Å². The van der Waals surface area contributed by atoms with E-state index >= 15 is 0 Å². The van der Waals surface area contributed by atoms with Gasteiger partial charge in [-0.1, -0.05) is 0 Å². The lowest BCUT2D eigenvalue weighted by Crippen LogP contribution is -2.37. The maximum Gasteiger partial charge on any atom is 0.126 e. The Kier molecular flexibility index (Phi) is 4.31. The van der Waals surface area contributed by atoms with Gasteiger partial charge in [-0.15, -0.1) is 0 Å². The molecule has 2 aromatic heterocycles. The van der Waals surface area contributed by atoms with Crippen LogP contribution in [-0.4, -0.2) is 44.5 Å². The summed E-state index contributed by atoms with van der Waals surface area (Å²) in [5.41, 5.74) is 3.61. The number of ether oxygens (including phenoxy) is 1. The number of methoxy groups -OCH3 is 1. The summed E-state index contributed by atoms with van der Waals surface area (Å²) >= 11 is 0. The van der Waals surface area contributed by atoms with E-state index in [0.29, 0.717) is 6.04 Å². The van der Waals surface area contributed by atoms with Crippen molar-refractivity contribution in [1.82, 2.24) is 24.2 Å². The number of aromatic nitrogens is 4. The summed E-state index contributed by atoms with van der Waals surface area (Å²) in [5, 5.41) is 4.44. The molecule has 3 rings (SSSR count). The van der Waals surface area contributed by atoms with E-state index in [1.54, 1.807) is 7.11 Å². The third kappa shape index (κ3) is 2.80. The second-order valence-corrected chi connectivity index (χ2v) is 6.05. The molecule has 0 unspecified atom stereocenters. The van der Waals surface area contributed by atoms with Crippen LogP contribution in [0.2, 0.25) is 0 Å². The summed E-state index contributed by atoms with van der Waals surface area (Å²) in [6, 6.07) is 2.48. The normalized spacial score (nSPS) is 18.6. The van der Waals surface area contributed by atoms with Crippen LogP contribution in [0.25, 0.3) is 0 Å². The molecule has 0 aromatic carbocycles. The number of hydrogen-bond acceptors (Lipinski definition) is 4. The van der Waals surface area contributed by atoms with Crippen molar-refractivity contribution < 1.29 is 4.74 Å². The standard InChI is InChI=1S/C16H25N5O/c1-12-9-15(19(3)18-12)11-20-6-7-21-14(5-8-22-4)10-17-16(21)13(20)2/h9-10,13H,5-8,11H2,1-4H3/t13-/m0/s1. The summed E-state index contributed by atoms with van der Waals surface area (Å²) in [7, 11) is 3.76. The maximum absolute atomic E-state index is 5.19. The van der Waals surface area contributed by atoms with Gasteiger partial charge in [0.1, 0.15) is 5.82 Å². The summed E-state index contributed by atoms with van der Waals surface area (Å²) in [6.07, 6.45) is 2.93. The Hall–Kier alpha value is -1.66. The summed E-state index contributed by atoms with van der Waals surface area (Å²) in [6.45, 7) is 7.97. The van der Waals surface area contributed by atoms with Crippen LogP contribution < -0.4 is 0 Å². The Bertz CT molecular complexity index is 645. The van der Waals surface area contributed by atoms with E-state index < -0.39 is 0 Å². The number of fused-ring (bicyclic) bond motifs is 1. The van der Waals surface area contributed by atoms with Crippen LogP contribution in [0.5, 0.6) is 0 Å². The van der Waals surface area contributed by atoms with E-state index in [1.807, 2.05) is 24.9 Å². The first-order chi connectivity index (χ1) is 10.6. The van der Waals surface area contributed by atoms with Crippen molar-refractivity contribution in [3.63, 3.8) is 0 Å². The molecule has 1 atom stereocenters. The molecule has 1 aliphatic heterocycles. The highest BCUT2D eigenvalue weighted by Gasteiger charge is 2.27. The molecule has 0 amide bonds. The van der Waals surface area contributed by atoms with Gasteiger partial charge in [0.05, 0.1) is 24.0 Å². The Morgan fingerprint density at radius 3 is 2.82 bits per heavy atom. The van der Waals surface area contributed by atoms with Crippen molar-refractivity contribution in [3.05, 3.63) is 35.2 Å². The molecule has 0 N–H and O–H groups in total. The first kappa shape index (κ1) is 15.2. The van der Waals surface area contributed by atoms with Crippen LogP contribution in [-0.2, 0) is 31.3 Å². The van der Waals surface area contributed by atoms with Crippen molar-refractivity contribution >= 4 is 0 Å². The highest BCUT2D eigenvalue weighted by molar-refractivity contribution is 5.13. The minimum atomic E-state index is 0.320. The van der Waals surface area contributed by atoms with E-state index in [-0.39, 0.29) is 0 Å². The number of imidazole rings is 1. The molecular formula is C16H25N5O. The largest absolute Gasteiger partial charge is 0.384 e. The van der Waals surface area contributed by atoms with Crippen molar-refractivity contribution in [3.8, 4) is 0 Å². The molecule has 0 fully saturated rings. The zero-order valence-electron chi connectivity index (χ0n) is 13.9. The van der Waals surface area contributed by atoms with Gasteiger partial charge in [-0.2, -0.15) is 5.10 Å². The highest BCUT2D eigenvalue weighted by Crippen LogP contribution is 2.27. The van der Waals surface area contributed by atoms with E-state index in [1.165, 1.54) is 11.4 Å². The minimum absolute atomic E-state index is 0.320.